The van der Waals surface area contributed by atoms with E-state index in [1.165, 1.54) is 6.33 Å². The number of carbonyl (C=O) groups is 1. The SMILES string of the molecule is CC(C(=O)O)C(C)c1nc(-c2ccncn2)no1. The molecular weight excluding hydrogens is 236 g/mol. The van der Waals surface area contributed by atoms with Crippen LogP contribution in [0, 0.1) is 5.92 Å². The van der Waals surface area contributed by atoms with Crippen LogP contribution in [0.25, 0.3) is 11.5 Å². The molecule has 7 nitrogen and oxygen atoms in total. The van der Waals surface area contributed by atoms with Crippen LogP contribution < -0.4 is 0 Å². The average molecular weight is 248 g/mol. The van der Waals surface area contributed by atoms with Gasteiger partial charge in [0.2, 0.25) is 11.7 Å². The first-order valence-electron chi connectivity index (χ1n) is 5.42. The molecule has 0 spiro atoms. The Kier molecular flexibility index (Phi) is 3.31. The summed E-state index contributed by atoms with van der Waals surface area (Å²) in [6, 6.07) is 1.65. The van der Waals surface area contributed by atoms with Crippen LogP contribution in [0.1, 0.15) is 25.7 Å². The smallest absolute Gasteiger partial charge is 0.307 e. The molecule has 0 saturated heterocycles. The second-order valence-corrected chi connectivity index (χ2v) is 3.97. The second-order valence-electron chi connectivity index (χ2n) is 3.97. The van der Waals surface area contributed by atoms with Crippen molar-refractivity contribution in [3.8, 4) is 11.5 Å². The van der Waals surface area contributed by atoms with Gasteiger partial charge in [-0.1, -0.05) is 19.0 Å². The molecular formula is C11H12N4O3. The standard InChI is InChI=1S/C11H12N4O3/c1-6(7(2)11(16)17)10-14-9(15-18-10)8-3-4-12-5-13-8/h3-7H,1-2H3,(H,16,17). The highest BCUT2D eigenvalue weighted by atomic mass is 16.5. The maximum absolute atomic E-state index is 10.9. The van der Waals surface area contributed by atoms with E-state index in [0.717, 1.165) is 0 Å². The van der Waals surface area contributed by atoms with E-state index >= 15 is 0 Å². The Morgan fingerprint density at radius 2 is 2.22 bits per heavy atom. The number of carboxylic acid groups (broad SMARTS) is 1. The van der Waals surface area contributed by atoms with Crippen LogP contribution in [-0.4, -0.2) is 31.2 Å². The number of aromatic nitrogens is 4. The van der Waals surface area contributed by atoms with Crippen LogP contribution in [0.2, 0.25) is 0 Å². The normalized spacial score (nSPS) is 14.1. The van der Waals surface area contributed by atoms with Gasteiger partial charge >= 0.3 is 5.97 Å². The van der Waals surface area contributed by atoms with Crippen LogP contribution in [0.5, 0.6) is 0 Å². The highest BCUT2D eigenvalue weighted by Gasteiger charge is 2.26. The van der Waals surface area contributed by atoms with Crippen LogP contribution in [0.4, 0.5) is 0 Å². The molecule has 94 valence electrons. The Balaban J connectivity index is 2.23. The van der Waals surface area contributed by atoms with Crippen molar-refractivity contribution in [3.05, 3.63) is 24.5 Å². The summed E-state index contributed by atoms with van der Waals surface area (Å²) in [6.45, 7) is 3.33. The van der Waals surface area contributed by atoms with Gasteiger partial charge in [0.05, 0.1) is 5.92 Å². The van der Waals surface area contributed by atoms with E-state index < -0.39 is 11.9 Å². The van der Waals surface area contributed by atoms with Gasteiger partial charge in [-0.2, -0.15) is 4.98 Å². The lowest BCUT2D eigenvalue weighted by Crippen LogP contribution is -2.16. The number of nitrogens with zero attached hydrogens (tertiary/aromatic N) is 4. The Hall–Kier alpha value is -2.31. The molecule has 0 amide bonds. The zero-order valence-electron chi connectivity index (χ0n) is 9.94. The van der Waals surface area contributed by atoms with Crippen molar-refractivity contribution in [1.82, 2.24) is 20.1 Å². The zero-order chi connectivity index (χ0) is 13.1. The molecule has 0 bridgehead atoms. The largest absolute Gasteiger partial charge is 0.481 e. The summed E-state index contributed by atoms with van der Waals surface area (Å²) >= 11 is 0. The Bertz CT molecular complexity index is 540. The van der Waals surface area contributed by atoms with Crippen LogP contribution >= 0.6 is 0 Å². The van der Waals surface area contributed by atoms with Gasteiger partial charge in [-0.25, -0.2) is 9.97 Å². The van der Waals surface area contributed by atoms with Gasteiger partial charge in [-0.3, -0.25) is 4.79 Å². The number of carboxylic acids is 1. The first kappa shape index (κ1) is 12.2. The molecule has 2 aromatic heterocycles. The van der Waals surface area contributed by atoms with Crippen molar-refractivity contribution < 1.29 is 14.4 Å². The lowest BCUT2D eigenvalue weighted by molar-refractivity contribution is -0.141. The van der Waals surface area contributed by atoms with E-state index in [-0.39, 0.29) is 5.92 Å². The molecule has 18 heavy (non-hydrogen) atoms. The van der Waals surface area contributed by atoms with Gasteiger partial charge in [0.15, 0.2) is 0 Å². The van der Waals surface area contributed by atoms with Gasteiger partial charge in [-0.15, -0.1) is 0 Å². The summed E-state index contributed by atoms with van der Waals surface area (Å²) in [5, 5.41) is 12.7. The first-order valence-corrected chi connectivity index (χ1v) is 5.42. The van der Waals surface area contributed by atoms with Gasteiger partial charge < -0.3 is 9.63 Å². The molecule has 2 unspecified atom stereocenters. The quantitative estimate of drug-likeness (QED) is 0.871. The molecule has 0 aliphatic rings. The van der Waals surface area contributed by atoms with E-state index in [9.17, 15) is 4.79 Å². The van der Waals surface area contributed by atoms with Gasteiger partial charge in [-0.05, 0) is 6.07 Å². The van der Waals surface area contributed by atoms with Crippen LogP contribution in [-0.2, 0) is 4.79 Å². The van der Waals surface area contributed by atoms with E-state index in [2.05, 4.69) is 20.1 Å². The van der Waals surface area contributed by atoms with Crippen molar-refractivity contribution >= 4 is 5.97 Å². The van der Waals surface area contributed by atoms with E-state index in [1.54, 1.807) is 26.1 Å². The fraction of sp³-hybridized carbons (Fsp3) is 0.364. The topological polar surface area (TPSA) is 102 Å². The number of hydrogen-bond donors (Lipinski definition) is 1. The number of rotatable bonds is 4. The summed E-state index contributed by atoms with van der Waals surface area (Å²) in [4.78, 5) is 22.8. The van der Waals surface area contributed by atoms with Gasteiger partial charge in [0.25, 0.3) is 0 Å². The monoisotopic (exact) mass is 248 g/mol. The van der Waals surface area contributed by atoms with Crippen molar-refractivity contribution in [2.45, 2.75) is 19.8 Å². The minimum absolute atomic E-state index is 0.290. The summed E-state index contributed by atoms with van der Waals surface area (Å²) in [5.41, 5.74) is 0.537. The summed E-state index contributed by atoms with van der Waals surface area (Å²) in [7, 11) is 0. The lowest BCUT2D eigenvalue weighted by Gasteiger charge is -2.10. The highest BCUT2D eigenvalue weighted by molar-refractivity contribution is 5.70. The molecule has 2 aromatic rings. The number of aliphatic carboxylic acids is 1. The molecule has 0 fully saturated rings. The molecule has 0 aliphatic carbocycles. The third-order valence-electron chi connectivity index (χ3n) is 2.78. The average Bonchev–Trinajstić information content (AvgIpc) is 2.87. The van der Waals surface area contributed by atoms with Crippen molar-refractivity contribution in [3.63, 3.8) is 0 Å². The summed E-state index contributed by atoms with van der Waals surface area (Å²) < 4.78 is 5.07. The van der Waals surface area contributed by atoms with Gasteiger partial charge in [0.1, 0.15) is 12.0 Å². The fourth-order valence-electron chi connectivity index (χ4n) is 1.37. The molecule has 0 radical (unpaired) electrons. The van der Waals surface area contributed by atoms with Crippen LogP contribution in [0.15, 0.2) is 23.1 Å². The predicted molar refractivity (Wildman–Crippen MR) is 60.5 cm³/mol. The van der Waals surface area contributed by atoms with Crippen molar-refractivity contribution in [2.75, 3.05) is 0 Å². The molecule has 7 heteroatoms. The third kappa shape index (κ3) is 2.34. The highest BCUT2D eigenvalue weighted by Crippen LogP contribution is 2.24. The molecule has 0 aliphatic heterocycles. The molecule has 0 saturated carbocycles. The van der Waals surface area contributed by atoms with E-state index in [4.69, 9.17) is 9.63 Å². The molecule has 2 atom stereocenters. The molecule has 2 heterocycles. The molecule has 1 N–H and O–H groups in total. The minimum Gasteiger partial charge on any atom is -0.481 e. The molecule has 0 aromatic carbocycles. The minimum atomic E-state index is -0.899. The van der Waals surface area contributed by atoms with Crippen molar-refractivity contribution in [2.24, 2.45) is 5.92 Å². The maximum atomic E-state index is 10.9. The summed E-state index contributed by atoms with van der Waals surface area (Å²) in [6.07, 6.45) is 2.95. The Morgan fingerprint density at radius 3 is 2.83 bits per heavy atom. The number of hydrogen-bond acceptors (Lipinski definition) is 6. The lowest BCUT2D eigenvalue weighted by atomic mass is 9.96. The zero-order valence-corrected chi connectivity index (χ0v) is 9.94. The van der Waals surface area contributed by atoms with Crippen molar-refractivity contribution in [1.29, 1.82) is 0 Å². The fourth-order valence-corrected chi connectivity index (χ4v) is 1.37. The maximum Gasteiger partial charge on any atom is 0.307 e. The van der Waals surface area contributed by atoms with E-state index in [1.807, 2.05) is 0 Å². The first-order chi connectivity index (χ1) is 8.59. The van der Waals surface area contributed by atoms with Gasteiger partial charge in [0, 0.05) is 12.1 Å². The van der Waals surface area contributed by atoms with E-state index in [0.29, 0.717) is 17.4 Å². The second kappa shape index (κ2) is 4.91. The van der Waals surface area contributed by atoms with Crippen LogP contribution in [0.3, 0.4) is 0 Å². The molecule has 2 rings (SSSR count). The Labute approximate surface area is 103 Å². The Morgan fingerprint density at radius 1 is 1.44 bits per heavy atom. The third-order valence-corrected chi connectivity index (χ3v) is 2.78. The summed E-state index contributed by atoms with van der Waals surface area (Å²) in [5.74, 6) is -1.23. The predicted octanol–water partition coefficient (Wildman–Crippen LogP) is 1.35.